The Kier molecular flexibility index (Phi) is 4.30. The molecule has 23 heavy (non-hydrogen) atoms. The van der Waals surface area contributed by atoms with Crippen LogP contribution in [-0.4, -0.2) is 9.97 Å². The Bertz CT molecular complexity index is 851. The van der Waals surface area contributed by atoms with E-state index in [9.17, 15) is 5.26 Å². The molecule has 0 atom stereocenters. The minimum atomic E-state index is 0.495. The number of rotatable bonds is 4. The lowest BCUT2D eigenvalue weighted by Gasteiger charge is -2.09. The zero-order valence-corrected chi connectivity index (χ0v) is 12.8. The van der Waals surface area contributed by atoms with Crippen LogP contribution in [-0.2, 0) is 6.42 Å². The maximum atomic E-state index is 9.42. The quantitative estimate of drug-likeness (QED) is 0.779. The van der Waals surface area contributed by atoms with Gasteiger partial charge < -0.3 is 5.32 Å². The van der Waals surface area contributed by atoms with E-state index in [2.05, 4.69) is 28.3 Å². The lowest BCUT2D eigenvalue weighted by molar-refractivity contribution is 1.12. The van der Waals surface area contributed by atoms with Crippen molar-refractivity contribution in [3.63, 3.8) is 0 Å². The number of anilines is 2. The summed E-state index contributed by atoms with van der Waals surface area (Å²) in [6.07, 6.45) is 4.45. The Balaban J connectivity index is 1.93. The van der Waals surface area contributed by atoms with Gasteiger partial charge >= 0.3 is 0 Å². The van der Waals surface area contributed by atoms with E-state index in [0.29, 0.717) is 17.2 Å². The number of aromatic nitrogens is 2. The second kappa shape index (κ2) is 6.71. The molecule has 0 amide bonds. The first-order chi connectivity index (χ1) is 11.3. The fourth-order valence-electron chi connectivity index (χ4n) is 2.32. The van der Waals surface area contributed by atoms with Gasteiger partial charge in [-0.1, -0.05) is 37.3 Å². The number of hydrogen-bond acceptors (Lipinski definition) is 4. The lowest BCUT2D eigenvalue weighted by Crippen LogP contribution is -2.00. The molecule has 2 aromatic heterocycles. The van der Waals surface area contributed by atoms with Crippen molar-refractivity contribution in [1.82, 2.24) is 9.97 Å². The first kappa shape index (κ1) is 14.7. The Morgan fingerprint density at radius 2 is 1.87 bits per heavy atom. The van der Waals surface area contributed by atoms with Gasteiger partial charge in [0.15, 0.2) is 0 Å². The van der Waals surface area contributed by atoms with Gasteiger partial charge in [0.05, 0.1) is 5.56 Å². The largest absolute Gasteiger partial charge is 0.324 e. The molecule has 0 aliphatic heterocycles. The smallest absolute Gasteiger partial charge is 0.149 e. The van der Waals surface area contributed by atoms with Crippen molar-refractivity contribution in [2.24, 2.45) is 0 Å². The van der Waals surface area contributed by atoms with E-state index in [0.717, 1.165) is 17.5 Å². The molecule has 112 valence electrons. The second-order valence-electron chi connectivity index (χ2n) is 5.13. The molecule has 0 aliphatic rings. The van der Waals surface area contributed by atoms with Crippen LogP contribution in [0.25, 0.3) is 11.1 Å². The van der Waals surface area contributed by atoms with Gasteiger partial charge in [-0.05, 0) is 35.7 Å². The molecule has 3 aromatic rings. The van der Waals surface area contributed by atoms with E-state index in [1.165, 1.54) is 5.56 Å². The summed E-state index contributed by atoms with van der Waals surface area (Å²) in [6.45, 7) is 2.09. The van der Waals surface area contributed by atoms with Crippen molar-refractivity contribution >= 4 is 11.6 Å². The van der Waals surface area contributed by atoms with Crippen LogP contribution in [0, 0.1) is 11.3 Å². The topological polar surface area (TPSA) is 61.6 Å². The van der Waals surface area contributed by atoms with Crippen molar-refractivity contribution in [1.29, 1.82) is 5.26 Å². The van der Waals surface area contributed by atoms with E-state index in [1.54, 1.807) is 12.4 Å². The molecule has 0 unspecified atom stereocenters. The number of nitriles is 1. The third-order valence-corrected chi connectivity index (χ3v) is 3.59. The third-order valence-electron chi connectivity index (χ3n) is 3.59. The number of nitrogens with zero attached hydrogens (tertiary/aromatic N) is 3. The van der Waals surface area contributed by atoms with Crippen LogP contribution in [0.1, 0.15) is 18.1 Å². The normalized spacial score (nSPS) is 10.1. The highest BCUT2D eigenvalue weighted by Gasteiger charge is 2.08. The minimum Gasteiger partial charge on any atom is -0.324 e. The van der Waals surface area contributed by atoms with Crippen molar-refractivity contribution < 1.29 is 0 Å². The van der Waals surface area contributed by atoms with E-state index < -0.39 is 0 Å². The standard InChI is InChI=1S/C19H16N4/c1-2-14-8-9-21-18(10-14)23-19-16(12-20)11-17(13-22-19)15-6-4-3-5-7-15/h3-11,13H,2H2,1H3,(H,21,22,23). The first-order valence-electron chi connectivity index (χ1n) is 7.47. The molecule has 2 heterocycles. The van der Waals surface area contributed by atoms with E-state index in [1.807, 2.05) is 48.5 Å². The predicted molar refractivity (Wildman–Crippen MR) is 91.3 cm³/mol. The number of nitrogens with one attached hydrogen (secondary N) is 1. The van der Waals surface area contributed by atoms with Crippen LogP contribution < -0.4 is 5.32 Å². The first-order valence-corrected chi connectivity index (χ1v) is 7.47. The van der Waals surface area contributed by atoms with Gasteiger partial charge in [0.2, 0.25) is 0 Å². The maximum absolute atomic E-state index is 9.42. The SMILES string of the molecule is CCc1ccnc(Nc2ncc(-c3ccccc3)cc2C#N)c1. The molecular formula is C19H16N4. The maximum Gasteiger partial charge on any atom is 0.149 e. The zero-order valence-electron chi connectivity index (χ0n) is 12.8. The minimum absolute atomic E-state index is 0.495. The van der Waals surface area contributed by atoms with E-state index in [4.69, 9.17) is 0 Å². The van der Waals surface area contributed by atoms with Crippen molar-refractivity contribution in [2.75, 3.05) is 5.32 Å². The highest BCUT2D eigenvalue weighted by atomic mass is 15.1. The summed E-state index contributed by atoms with van der Waals surface area (Å²) in [4.78, 5) is 8.68. The molecule has 0 saturated heterocycles. The second-order valence-corrected chi connectivity index (χ2v) is 5.13. The molecule has 0 bridgehead atoms. The van der Waals surface area contributed by atoms with Gasteiger partial charge in [-0.15, -0.1) is 0 Å². The molecule has 0 fully saturated rings. The number of aryl methyl sites for hydroxylation is 1. The Morgan fingerprint density at radius 1 is 1.04 bits per heavy atom. The third kappa shape index (κ3) is 3.35. The number of hydrogen-bond donors (Lipinski definition) is 1. The molecule has 4 nitrogen and oxygen atoms in total. The molecule has 0 spiro atoms. The highest BCUT2D eigenvalue weighted by molar-refractivity contribution is 5.69. The molecule has 4 heteroatoms. The van der Waals surface area contributed by atoms with Crippen LogP contribution in [0.2, 0.25) is 0 Å². The monoisotopic (exact) mass is 300 g/mol. The van der Waals surface area contributed by atoms with E-state index >= 15 is 0 Å². The summed E-state index contributed by atoms with van der Waals surface area (Å²) < 4.78 is 0. The van der Waals surface area contributed by atoms with Crippen molar-refractivity contribution in [2.45, 2.75) is 13.3 Å². The molecule has 1 aromatic carbocycles. The average Bonchev–Trinajstić information content (AvgIpc) is 2.63. The fraction of sp³-hybridized carbons (Fsp3) is 0.105. The Labute approximate surface area is 135 Å². The van der Waals surface area contributed by atoms with Crippen LogP contribution >= 0.6 is 0 Å². The number of pyridine rings is 2. The summed E-state index contributed by atoms with van der Waals surface area (Å²) >= 11 is 0. The lowest BCUT2D eigenvalue weighted by atomic mass is 10.1. The van der Waals surface area contributed by atoms with Crippen molar-refractivity contribution in [3.05, 3.63) is 72.1 Å². The van der Waals surface area contributed by atoms with Crippen LogP contribution in [0.3, 0.4) is 0 Å². The summed E-state index contributed by atoms with van der Waals surface area (Å²) in [5.41, 5.74) is 3.63. The highest BCUT2D eigenvalue weighted by Crippen LogP contribution is 2.24. The molecule has 0 radical (unpaired) electrons. The van der Waals surface area contributed by atoms with Crippen molar-refractivity contribution in [3.8, 4) is 17.2 Å². The number of benzene rings is 1. The molecular weight excluding hydrogens is 284 g/mol. The van der Waals surface area contributed by atoms with Crippen LogP contribution in [0.15, 0.2) is 60.9 Å². The van der Waals surface area contributed by atoms with Gasteiger partial charge in [-0.2, -0.15) is 5.26 Å². The summed E-state index contributed by atoms with van der Waals surface area (Å²) in [7, 11) is 0. The zero-order chi connectivity index (χ0) is 16.1. The van der Waals surface area contributed by atoms with Crippen LogP contribution in [0.5, 0.6) is 0 Å². The van der Waals surface area contributed by atoms with Gasteiger partial charge in [0, 0.05) is 18.0 Å². The fourth-order valence-corrected chi connectivity index (χ4v) is 2.32. The Hall–Kier alpha value is -3.19. The summed E-state index contributed by atoms with van der Waals surface area (Å²) in [6, 6.07) is 17.9. The molecule has 3 rings (SSSR count). The average molecular weight is 300 g/mol. The van der Waals surface area contributed by atoms with Gasteiger partial charge in [0.25, 0.3) is 0 Å². The Morgan fingerprint density at radius 3 is 2.61 bits per heavy atom. The van der Waals surface area contributed by atoms with Gasteiger partial charge in [-0.3, -0.25) is 0 Å². The predicted octanol–water partition coefficient (Wildman–Crippen LogP) is 4.32. The molecule has 0 saturated carbocycles. The van der Waals surface area contributed by atoms with Gasteiger partial charge in [0.1, 0.15) is 17.7 Å². The molecule has 1 N–H and O–H groups in total. The summed E-state index contributed by atoms with van der Waals surface area (Å²) in [5, 5.41) is 12.6. The van der Waals surface area contributed by atoms with Gasteiger partial charge in [-0.25, -0.2) is 9.97 Å². The molecule has 0 aliphatic carbocycles. The summed E-state index contributed by atoms with van der Waals surface area (Å²) in [5.74, 6) is 1.22. The van der Waals surface area contributed by atoms with Crippen LogP contribution in [0.4, 0.5) is 11.6 Å². The van der Waals surface area contributed by atoms with E-state index in [-0.39, 0.29) is 0 Å².